The van der Waals surface area contributed by atoms with Gasteiger partial charge in [-0.2, -0.15) is 0 Å². The number of hydrogen-bond donors (Lipinski definition) is 1. The van der Waals surface area contributed by atoms with Crippen molar-refractivity contribution in [3.8, 4) is 0 Å². The van der Waals surface area contributed by atoms with Crippen LogP contribution in [0.15, 0.2) is 18.3 Å². The van der Waals surface area contributed by atoms with Gasteiger partial charge in [-0.15, -0.1) is 0 Å². The number of unbranched alkanes of at least 4 members (excludes halogenated alkanes) is 1. The van der Waals surface area contributed by atoms with Crippen LogP contribution in [0.25, 0.3) is 0 Å². The molecule has 0 fully saturated rings. The summed E-state index contributed by atoms with van der Waals surface area (Å²) in [6.07, 6.45) is 3.92. The van der Waals surface area contributed by atoms with E-state index < -0.39 is 11.6 Å². The van der Waals surface area contributed by atoms with E-state index in [1.807, 2.05) is 17.7 Å². The second-order valence-corrected chi connectivity index (χ2v) is 5.03. The third kappa shape index (κ3) is 3.28. The van der Waals surface area contributed by atoms with Gasteiger partial charge in [-0.25, -0.2) is 13.8 Å². The number of benzene rings is 1. The Bertz CT molecular complexity index is 587. The largest absolute Gasteiger partial charge is 0.322 e. The molecule has 0 saturated heterocycles. The first-order chi connectivity index (χ1) is 9.51. The molecule has 1 N–H and O–H groups in total. The Morgan fingerprint density at radius 2 is 2.10 bits per heavy atom. The summed E-state index contributed by atoms with van der Waals surface area (Å²) >= 11 is 5.87. The Labute approximate surface area is 121 Å². The summed E-state index contributed by atoms with van der Waals surface area (Å²) in [4.78, 5) is 4.30. The number of imidazole rings is 1. The zero-order valence-corrected chi connectivity index (χ0v) is 12.1. The van der Waals surface area contributed by atoms with Crippen LogP contribution in [0.5, 0.6) is 0 Å². The van der Waals surface area contributed by atoms with E-state index in [1.165, 1.54) is 0 Å². The molecule has 0 aliphatic heterocycles. The Hall–Kier alpha value is -1.62. The number of rotatable bonds is 5. The molecule has 0 saturated carbocycles. The van der Waals surface area contributed by atoms with Crippen LogP contribution >= 0.6 is 11.6 Å². The van der Waals surface area contributed by atoms with E-state index in [1.54, 1.807) is 0 Å². The van der Waals surface area contributed by atoms with Crippen LogP contribution in [0, 0.1) is 18.6 Å². The lowest BCUT2D eigenvalue weighted by Gasteiger charge is -2.11. The lowest BCUT2D eigenvalue weighted by atomic mass is 10.3. The molecule has 20 heavy (non-hydrogen) atoms. The number of hydrogen-bond acceptors (Lipinski definition) is 2. The highest BCUT2D eigenvalue weighted by molar-refractivity contribution is 6.33. The number of anilines is 2. The average molecular weight is 300 g/mol. The minimum atomic E-state index is -0.738. The molecule has 0 aliphatic carbocycles. The monoisotopic (exact) mass is 299 g/mol. The van der Waals surface area contributed by atoms with Crippen LogP contribution in [-0.4, -0.2) is 9.55 Å². The summed E-state index contributed by atoms with van der Waals surface area (Å²) in [6.45, 7) is 4.73. The van der Waals surface area contributed by atoms with Crippen LogP contribution in [0.2, 0.25) is 5.02 Å². The molecule has 0 unspecified atom stereocenters. The van der Waals surface area contributed by atoms with Gasteiger partial charge in [-0.3, -0.25) is 0 Å². The van der Waals surface area contributed by atoms with Gasteiger partial charge in [0.2, 0.25) is 5.95 Å². The molecular weight excluding hydrogens is 284 g/mol. The fourth-order valence-electron chi connectivity index (χ4n) is 1.92. The fourth-order valence-corrected chi connectivity index (χ4v) is 2.16. The normalized spacial score (nSPS) is 10.8. The Balaban J connectivity index is 2.30. The van der Waals surface area contributed by atoms with Gasteiger partial charge in [0.15, 0.2) is 5.82 Å². The summed E-state index contributed by atoms with van der Waals surface area (Å²) in [7, 11) is 0. The van der Waals surface area contributed by atoms with Crippen LogP contribution in [0.3, 0.4) is 0 Å². The van der Waals surface area contributed by atoms with Crippen LogP contribution in [0.4, 0.5) is 20.4 Å². The number of nitrogens with zero attached hydrogens (tertiary/aromatic N) is 2. The maximum atomic E-state index is 13.8. The molecule has 0 aliphatic rings. The molecule has 6 heteroatoms. The third-order valence-electron chi connectivity index (χ3n) is 2.89. The van der Waals surface area contributed by atoms with Crippen molar-refractivity contribution in [2.75, 3.05) is 5.32 Å². The molecule has 0 radical (unpaired) electrons. The molecule has 1 aromatic heterocycles. The predicted molar refractivity (Wildman–Crippen MR) is 76.5 cm³/mol. The Kier molecular flexibility index (Phi) is 4.60. The molecule has 0 amide bonds. The number of aryl methyl sites for hydroxylation is 2. The maximum Gasteiger partial charge on any atom is 0.207 e. The highest BCUT2D eigenvalue weighted by Crippen LogP contribution is 2.29. The number of nitrogens with one attached hydrogen (secondary N) is 1. The standard InChI is InChI=1S/C14H16ClF2N3/c1-3-4-5-20-8-9(2)18-14(20)19-13-11(15)6-10(16)7-12(13)17/h6-8H,3-5H2,1-2H3,(H,18,19). The van der Waals surface area contributed by atoms with E-state index in [2.05, 4.69) is 17.2 Å². The fraction of sp³-hybridized carbons (Fsp3) is 0.357. The number of aromatic nitrogens is 2. The smallest absolute Gasteiger partial charge is 0.207 e. The van der Waals surface area contributed by atoms with E-state index in [9.17, 15) is 8.78 Å². The molecule has 1 aromatic carbocycles. The molecule has 3 nitrogen and oxygen atoms in total. The minimum absolute atomic E-state index is 0.00908. The van der Waals surface area contributed by atoms with Gasteiger partial charge in [-0.05, 0) is 19.4 Å². The topological polar surface area (TPSA) is 29.9 Å². The molecule has 2 aromatic rings. The van der Waals surface area contributed by atoms with E-state index in [-0.39, 0.29) is 10.7 Å². The van der Waals surface area contributed by atoms with Gasteiger partial charge in [-0.1, -0.05) is 24.9 Å². The first-order valence-corrected chi connectivity index (χ1v) is 6.84. The van der Waals surface area contributed by atoms with Crippen LogP contribution < -0.4 is 5.32 Å². The summed E-state index contributed by atoms with van der Waals surface area (Å²) in [5, 5.41) is 2.84. The first kappa shape index (κ1) is 14.8. The molecule has 0 bridgehead atoms. The summed E-state index contributed by atoms with van der Waals surface area (Å²) in [6, 6.07) is 1.86. The van der Waals surface area contributed by atoms with Crippen molar-refractivity contribution in [1.29, 1.82) is 0 Å². The summed E-state index contributed by atoms with van der Waals surface area (Å²) in [5.74, 6) is -0.940. The average Bonchev–Trinajstić information content (AvgIpc) is 2.71. The van der Waals surface area contributed by atoms with Crippen molar-refractivity contribution in [3.63, 3.8) is 0 Å². The zero-order chi connectivity index (χ0) is 14.7. The van der Waals surface area contributed by atoms with Crippen molar-refractivity contribution in [2.45, 2.75) is 33.2 Å². The van der Waals surface area contributed by atoms with Crippen molar-refractivity contribution < 1.29 is 8.78 Å². The molecule has 1 heterocycles. The number of halogens is 3. The summed E-state index contributed by atoms with van der Waals surface area (Å²) < 4.78 is 28.7. The lowest BCUT2D eigenvalue weighted by molar-refractivity contribution is 0.585. The maximum absolute atomic E-state index is 13.8. The Morgan fingerprint density at radius 3 is 2.75 bits per heavy atom. The van der Waals surface area contributed by atoms with Gasteiger partial charge in [0, 0.05) is 18.8 Å². The van der Waals surface area contributed by atoms with E-state index in [4.69, 9.17) is 11.6 Å². The quantitative estimate of drug-likeness (QED) is 0.869. The minimum Gasteiger partial charge on any atom is -0.322 e. The van der Waals surface area contributed by atoms with Gasteiger partial charge < -0.3 is 9.88 Å². The molecule has 0 atom stereocenters. The van der Waals surface area contributed by atoms with E-state index in [0.29, 0.717) is 5.95 Å². The molecule has 0 spiro atoms. The lowest BCUT2D eigenvalue weighted by Crippen LogP contribution is -2.05. The molecular formula is C14H16ClF2N3. The van der Waals surface area contributed by atoms with Crippen molar-refractivity contribution in [1.82, 2.24) is 9.55 Å². The summed E-state index contributed by atoms with van der Waals surface area (Å²) in [5.41, 5.74) is 0.860. The van der Waals surface area contributed by atoms with Gasteiger partial charge in [0.25, 0.3) is 0 Å². The van der Waals surface area contributed by atoms with Crippen LogP contribution in [0.1, 0.15) is 25.5 Å². The van der Waals surface area contributed by atoms with Gasteiger partial charge in [0.05, 0.1) is 16.4 Å². The van der Waals surface area contributed by atoms with E-state index >= 15 is 0 Å². The van der Waals surface area contributed by atoms with Crippen molar-refractivity contribution >= 4 is 23.2 Å². The van der Waals surface area contributed by atoms with Gasteiger partial charge in [0.1, 0.15) is 5.82 Å². The van der Waals surface area contributed by atoms with Crippen molar-refractivity contribution in [2.24, 2.45) is 0 Å². The second kappa shape index (κ2) is 6.22. The van der Waals surface area contributed by atoms with Crippen LogP contribution in [-0.2, 0) is 6.54 Å². The SMILES string of the molecule is CCCCn1cc(C)nc1Nc1c(F)cc(F)cc1Cl. The molecule has 2 rings (SSSR count). The zero-order valence-electron chi connectivity index (χ0n) is 11.4. The first-order valence-electron chi connectivity index (χ1n) is 6.46. The Morgan fingerprint density at radius 1 is 1.35 bits per heavy atom. The highest BCUT2D eigenvalue weighted by atomic mass is 35.5. The highest BCUT2D eigenvalue weighted by Gasteiger charge is 2.13. The van der Waals surface area contributed by atoms with E-state index in [0.717, 1.165) is 37.2 Å². The second-order valence-electron chi connectivity index (χ2n) is 4.62. The molecule has 108 valence electrons. The third-order valence-corrected chi connectivity index (χ3v) is 3.19. The van der Waals surface area contributed by atoms with Crippen molar-refractivity contribution in [3.05, 3.63) is 40.7 Å². The predicted octanol–water partition coefficient (Wildman–Crippen LogP) is 4.67. The van der Waals surface area contributed by atoms with Gasteiger partial charge >= 0.3 is 0 Å².